The van der Waals surface area contributed by atoms with Crippen LogP contribution in [0.15, 0.2) is 18.2 Å². The van der Waals surface area contributed by atoms with E-state index in [0.717, 1.165) is 0 Å². The lowest BCUT2D eigenvalue weighted by molar-refractivity contribution is 0.425. The first-order chi connectivity index (χ1) is 9.25. The fraction of sp³-hybridized carbons (Fsp3) is 0.625. The van der Waals surface area contributed by atoms with Gasteiger partial charge < -0.3 is 10.0 Å². The third-order valence-corrected chi connectivity index (χ3v) is 5.00. The van der Waals surface area contributed by atoms with Crippen molar-refractivity contribution >= 4 is 12.6 Å². The van der Waals surface area contributed by atoms with Crippen molar-refractivity contribution in [3.63, 3.8) is 0 Å². The molecule has 2 aliphatic carbocycles. The second-order valence-electron chi connectivity index (χ2n) is 6.22. The minimum Gasteiger partial charge on any atom is -0.423 e. The van der Waals surface area contributed by atoms with Gasteiger partial charge in [0.1, 0.15) is 0 Å². The molecule has 3 rings (SSSR count). The molecule has 102 valence electrons. The summed E-state index contributed by atoms with van der Waals surface area (Å²) >= 11 is 0. The van der Waals surface area contributed by atoms with E-state index in [4.69, 9.17) is 0 Å². The Morgan fingerprint density at radius 2 is 1.32 bits per heavy atom. The summed E-state index contributed by atoms with van der Waals surface area (Å²) in [5.74, 6) is 1.36. The van der Waals surface area contributed by atoms with Crippen molar-refractivity contribution in [1.29, 1.82) is 0 Å². The van der Waals surface area contributed by atoms with Crippen LogP contribution in [0.25, 0.3) is 0 Å². The zero-order valence-corrected chi connectivity index (χ0v) is 11.5. The van der Waals surface area contributed by atoms with Crippen molar-refractivity contribution in [2.75, 3.05) is 0 Å². The highest BCUT2D eigenvalue weighted by atomic mass is 16.4. The van der Waals surface area contributed by atoms with Gasteiger partial charge in [-0.15, -0.1) is 0 Å². The SMILES string of the molecule is OB(O)c1ccc(C2CCCC2)c(C2CCCC2)c1. The van der Waals surface area contributed by atoms with Gasteiger partial charge in [-0.3, -0.25) is 0 Å². The lowest BCUT2D eigenvalue weighted by Gasteiger charge is -2.21. The number of hydrogen-bond donors (Lipinski definition) is 2. The van der Waals surface area contributed by atoms with Gasteiger partial charge in [0.05, 0.1) is 0 Å². The predicted octanol–water partition coefficient (Wildman–Crippen LogP) is 2.68. The second-order valence-corrected chi connectivity index (χ2v) is 6.22. The first-order valence-corrected chi connectivity index (χ1v) is 7.75. The molecule has 0 atom stereocenters. The Kier molecular flexibility index (Phi) is 3.95. The number of benzene rings is 1. The van der Waals surface area contributed by atoms with E-state index in [9.17, 15) is 10.0 Å². The van der Waals surface area contributed by atoms with Crippen LogP contribution in [0, 0.1) is 0 Å². The Labute approximate surface area is 116 Å². The van der Waals surface area contributed by atoms with Crippen molar-refractivity contribution in [2.45, 2.75) is 63.2 Å². The lowest BCUT2D eigenvalue weighted by atomic mass is 9.75. The van der Waals surface area contributed by atoms with Gasteiger partial charge in [-0.05, 0) is 54.1 Å². The Hall–Kier alpha value is -0.795. The quantitative estimate of drug-likeness (QED) is 0.818. The zero-order chi connectivity index (χ0) is 13.2. The number of hydrogen-bond acceptors (Lipinski definition) is 2. The van der Waals surface area contributed by atoms with Crippen LogP contribution in [-0.4, -0.2) is 17.2 Å². The molecule has 0 saturated heterocycles. The zero-order valence-electron chi connectivity index (χ0n) is 11.5. The molecule has 0 heterocycles. The van der Waals surface area contributed by atoms with Crippen LogP contribution in [0.3, 0.4) is 0 Å². The van der Waals surface area contributed by atoms with Gasteiger partial charge in [-0.2, -0.15) is 0 Å². The van der Waals surface area contributed by atoms with E-state index >= 15 is 0 Å². The third-order valence-electron chi connectivity index (χ3n) is 5.00. The Morgan fingerprint density at radius 3 is 1.84 bits per heavy atom. The van der Waals surface area contributed by atoms with Gasteiger partial charge in [0, 0.05) is 0 Å². The maximum Gasteiger partial charge on any atom is 0.488 e. The summed E-state index contributed by atoms with van der Waals surface area (Å²) in [5.41, 5.74) is 3.56. The Balaban J connectivity index is 1.96. The average Bonchev–Trinajstić information content (AvgIpc) is 3.11. The van der Waals surface area contributed by atoms with Crippen molar-refractivity contribution < 1.29 is 10.0 Å². The van der Waals surface area contributed by atoms with E-state index in [-0.39, 0.29) is 0 Å². The van der Waals surface area contributed by atoms with Gasteiger partial charge in [-0.25, -0.2) is 0 Å². The molecule has 19 heavy (non-hydrogen) atoms. The van der Waals surface area contributed by atoms with Gasteiger partial charge in [0.15, 0.2) is 0 Å². The van der Waals surface area contributed by atoms with Crippen molar-refractivity contribution in [1.82, 2.24) is 0 Å². The normalized spacial score (nSPS) is 21.2. The molecule has 1 aromatic rings. The molecule has 0 bridgehead atoms. The van der Waals surface area contributed by atoms with Crippen LogP contribution in [-0.2, 0) is 0 Å². The molecule has 1 aromatic carbocycles. The highest BCUT2D eigenvalue weighted by Crippen LogP contribution is 2.42. The molecule has 0 aliphatic heterocycles. The fourth-order valence-electron chi connectivity index (χ4n) is 3.95. The van der Waals surface area contributed by atoms with Crippen molar-refractivity contribution in [2.24, 2.45) is 0 Å². The van der Waals surface area contributed by atoms with Gasteiger partial charge >= 0.3 is 7.12 Å². The summed E-state index contributed by atoms with van der Waals surface area (Å²) in [6, 6.07) is 6.13. The molecular formula is C16H23BO2. The summed E-state index contributed by atoms with van der Waals surface area (Å²) in [6.07, 6.45) is 10.5. The molecule has 2 aliphatic rings. The molecule has 3 heteroatoms. The molecule has 0 aromatic heterocycles. The third kappa shape index (κ3) is 2.73. The molecule has 2 saturated carbocycles. The molecule has 2 N–H and O–H groups in total. The Bertz CT molecular complexity index is 432. The molecule has 2 fully saturated rings. The smallest absolute Gasteiger partial charge is 0.423 e. The van der Waals surface area contributed by atoms with E-state index in [2.05, 4.69) is 12.1 Å². The van der Waals surface area contributed by atoms with Crippen molar-refractivity contribution in [3.8, 4) is 0 Å². The molecular weight excluding hydrogens is 235 g/mol. The van der Waals surface area contributed by atoms with Crippen LogP contribution in [0.2, 0.25) is 0 Å². The van der Waals surface area contributed by atoms with Crippen molar-refractivity contribution in [3.05, 3.63) is 29.3 Å². The molecule has 0 spiro atoms. The standard InChI is InChI=1S/C16H23BO2/c18-17(19)14-9-10-15(12-5-1-2-6-12)16(11-14)13-7-3-4-8-13/h9-13,18-19H,1-8H2. The molecule has 0 radical (unpaired) electrons. The predicted molar refractivity (Wildman–Crippen MR) is 78.7 cm³/mol. The van der Waals surface area contributed by atoms with E-state index in [1.54, 1.807) is 0 Å². The topological polar surface area (TPSA) is 40.5 Å². The van der Waals surface area contributed by atoms with Gasteiger partial charge in [0.2, 0.25) is 0 Å². The first kappa shape index (κ1) is 13.2. The summed E-state index contributed by atoms with van der Waals surface area (Å²) in [4.78, 5) is 0. The van der Waals surface area contributed by atoms with Gasteiger partial charge in [-0.1, -0.05) is 43.9 Å². The molecule has 0 amide bonds. The first-order valence-electron chi connectivity index (χ1n) is 7.75. The molecule has 2 nitrogen and oxygen atoms in total. The highest BCUT2D eigenvalue weighted by molar-refractivity contribution is 6.58. The van der Waals surface area contributed by atoms with Crippen LogP contribution < -0.4 is 5.46 Å². The summed E-state index contributed by atoms with van der Waals surface area (Å²) < 4.78 is 0. The van der Waals surface area contributed by atoms with E-state index in [1.807, 2.05) is 6.07 Å². The van der Waals surface area contributed by atoms with Crippen LogP contribution in [0.5, 0.6) is 0 Å². The van der Waals surface area contributed by atoms with E-state index in [1.165, 1.54) is 62.5 Å². The molecule has 0 unspecified atom stereocenters. The largest absolute Gasteiger partial charge is 0.488 e. The fourth-order valence-corrected chi connectivity index (χ4v) is 3.95. The monoisotopic (exact) mass is 258 g/mol. The van der Waals surface area contributed by atoms with Gasteiger partial charge in [0.25, 0.3) is 0 Å². The van der Waals surface area contributed by atoms with E-state index in [0.29, 0.717) is 17.3 Å². The van der Waals surface area contributed by atoms with Crippen LogP contribution >= 0.6 is 0 Å². The highest BCUT2D eigenvalue weighted by Gasteiger charge is 2.26. The number of rotatable bonds is 3. The summed E-state index contributed by atoms with van der Waals surface area (Å²) in [5, 5.41) is 18.8. The minimum absolute atomic E-state index is 0.647. The maximum absolute atomic E-state index is 9.40. The minimum atomic E-state index is -1.34. The summed E-state index contributed by atoms with van der Waals surface area (Å²) in [7, 11) is -1.34. The van der Waals surface area contributed by atoms with Crippen LogP contribution in [0.4, 0.5) is 0 Å². The Morgan fingerprint density at radius 1 is 0.789 bits per heavy atom. The maximum atomic E-state index is 9.40. The average molecular weight is 258 g/mol. The van der Waals surface area contributed by atoms with Crippen LogP contribution in [0.1, 0.15) is 74.3 Å². The lowest BCUT2D eigenvalue weighted by Crippen LogP contribution is -2.30. The second kappa shape index (κ2) is 5.68. The summed E-state index contributed by atoms with van der Waals surface area (Å²) in [6.45, 7) is 0. The van der Waals surface area contributed by atoms with E-state index < -0.39 is 7.12 Å².